The van der Waals surface area contributed by atoms with E-state index < -0.39 is 0 Å². The Kier molecular flexibility index (Phi) is 4.50. The molecule has 2 aromatic carbocycles. The minimum Gasteiger partial charge on any atom is -0.492 e. The van der Waals surface area contributed by atoms with Crippen molar-refractivity contribution in [2.75, 3.05) is 12.3 Å². The lowest BCUT2D eigenvalue weighted by molar-refractivity contribution is 0.320. The zero-order valence-corrected chi connectivity index (χ0v) is 12.0. The van der Waals surface area contributed by atoms with Crippen LogP contribution in [0.15, 0.2) is 46.9 Å². The maximum atomic E-state index is 5.87. The van der Waals surface area contributed by atoms with E-state index in [-0.39, 0.29) is 0 Å². The Morgan fingerprint density at radius 2 is 1.94 bits per heavy atom. The molecule has 4 heteroatoms. The molecule has 0 saturated heterocycles. The second kappa shape index (κ2) is 6.12. The Morgan fingerprint density at radius 3 is 2.67 bits per heavy atom. The summed E-state index contributed by atoms with van der Waals surface area (Å²) in [4.78, 5) is 0. The summed E-state index contributed by atoms with van der Waals surface area (Å²) >= 11 is 9.28. The smallest absolute Gasteiger partial charge is 0.133 e. The molecule has 94 valence electrons. The van der Waals surface area contributed by atoms with Gasteiger partial charge in [0.05, 0.1) is 11.1 Å². The van der Waals surface area contributed by atoms with Crippen molar-refractivity contribution in [1.82, 2.24) is 0 Å². The predicted octanol–water partition coefficient (Wildman–Crippen LogP) is 4.31. The molecule has 2 nitrogen and oxygen atoms in total. The van der Waals surface area contributed by atoms with Crippen LogP contribution in [0, 0.1) is 0 Å². The molecule has 0 aliphatic carbocycles. The first kappa shape index (κ1) is 13.2. The molecule has 0 atom stereocenters. The number of nitrogen functional groups attached to an aromatic ring is 1. The van der Waals surface area contributed by atoms with Gasteiger partial charge in [0, 0.05) is 17.1 Å². The number of hydrogen-bond acceptors (Lipinski definition) is 2. The van der Waals surface area contributed by atoms with Crippen LogP contribution in [0.3, 0.4) is 0 Å². The molecule has 0 bridgehead atoms. The summed E-state index contributed by atoms with van der Waals surface area (Å²) in [6, 6.07) is 13.3. The average molecular weight is 327 g/mol. The van der Waals surface area contributed by atoms with E-state index in [9.17, 15) is 0 Å². The van der Waals surface area contributed by atoms with E-state index in [4.69, 9.17) is 22.1 Å². The Hall–Kier alpha value is -1.19. The number of ether oxygens (including phenoxy) is 1. The van der Waals surface area contributed by atoms with Crippen LogP contribution in [-0.2, 0) is 6.42 Å². The molecule has 0 aliphatic rings. The minimum absolute atomic E-state index is 0.578. The summed E-state index contributed by atoms with van der Waals surface area (Å²) < 4.78 is 6.55. The van der Waals surface area contributed by atoms with E-state index in [0.717, 1.165) is 27.9 Å². The topological polar surface area (TPSA) is 35.2 Å². The molecule has 2 rings (SSSR count). The molecule has 0 fully saturated rings. The van der Waals surface area contributed by atoms with Gasteiger partial charge in [-0.15, -0.1) is 0 Å². The van der Waals surface area contributed by atoms with E-state index in [1.54, 1.807) is 6.07 Å². The number of nitrogens with two attached hydrogens (primary N) is 1. The maximum absolute atomic E-state index is 5.87. The van der Waals surface area contributed by atoms with Crippen molar-refractivity contribution in [3.05, 3.63) is 57.5 Å². The second-order valence-corrected chi connectivity index (χ2v) is 5.16. The van der Waals surface area contributed by atoms with Crippen LogP contribution < -0.4 is 10.5 Å². The molecule has 0 aliphatic heterocycles. The molecular weight excluding hydrogens is 314 g/mol. The third-order valence-corrected chi connectivity index (χ3v) is 3.43. The van der Waals surface area contributed by atoms with Gasteiger partial charge in [-0.1, -0.05) is 29.8 Å². The Morgan fingerprint density at radius 1 is 1.17 bits per heavy atom. The highest BCUT2D eigenvalue weighted by Crippen LogP contribution is 2.28. The van der Waals surface area contributed by atoms with Crippen LogP contribution in [0.4, 0.5) is 5.69 Å². The Labute approximate surface area is 120 Å². The fraction of sp³-hybridized carbons (Fsp3) is 0.143. The van der Waals surface area contributed by atoms with Gasteiger partial charge in [0.15, 0.2) is 0 Å². The van der Waals surface area contributed by atoms with E-state index >= 15 is 0 Å². The zero-order chi connectivity index (χ0) is 13.0. The first-order valence-electron chi connectivity index (χ1n) is 5.58. The van der Waals surface area contributed by atoms with Crippen molar-refractivity contribution in [1.29, 1.82) is 0 Å². The monoisotopic (exact) mass is 325 g/mol. The summed E-state index contributed by atoms with van der Waals surface area (Å²) in [5, 5.41) is 0.682. The highest BCUT2D eigenvalue weighted by Gasteiger charge is 2.03. The zero-order valence-electron chi connectivity index (χ0n) is 9.70. The number of halogens is 2. The summed E-state index contributed by atoms with van der Waals surface area (Å²) in [5.41, 5.74) is 7.77. The van der Waals surface area contributed by atoms with E-state index in [2.05, 4.69) is 15.9 Å². The van der Waals surface area contributed by atoms with Crippen LogP contribution in [-0.4, -0.2) is 6.61 Å². The van der Waals surface area contributed by atoms with Gasteiger partial charge < -0.3 is 10.5 Å². The fourth-order valence-corrected chi connectivity index (χ4v) is 2.42. The Bertz CT molecular complexity index is 545. The van der Waals surface area contributed by atoms with Crippen LogP contribution in [0.1, 0.15) is 5.56 Å². The number of hydrogen-bond donors (Lipinski definition) is 1. The molecular formula is C14H13BrClNO. The van der Waals surface area contributed by atoms with E-state index in [0.29, 0.717) is 11.6 Å². The van der Waals surface area contributed by atoms with Crippen molar-refractivity contribution in [3.8, 4) is 5.75 Å². The third kappa shape index (κ3) is 3.40. The first-order valence-corrected chi connectivity index (χ1v) is 6.75. The number of anilines is 1. The molecule has 0 radical (unpaired) electrons. The van der Waals surface area contributed by atoms with Crippen LogP contribution in [0.5, 0.6) is 5.75 Å². The highest BCUT2D eigenvalue weighted by atomic mass is 79.9. The first-order chi connectivity index (χ1) is 8.66. The number of rotatable bonds is 4. The fourth-order valence-electron chi connectivity index (χ4n) is 1.63. The molecule has 0 unspecified atom stereocenters. The largest absolute Gasteiger partial charge is 0.492 e. The van der Waals surface area contributed by atoms with E-state index in [1.807, 2.05) is 36.4 Å². The summed E-state index contributed by atoms with van der Waals surface area (Å²) in [6.45, 7) is 0.578. The summed E-state index contributed by atoms with van der Waals surface area (Å²) in [7, 11) is 0. The van der Waals surface area contributed by atoms with Crippen LogP contribution in [0.2, 0.25) is 5.02 Å². The maximum Gasteiger partial charge on any atom is 0.133 e. The second-order valence-electron chi connectivity index (χ2n) is 3.87. The summed E-state index contributed by atoms with van der Waals surface area (Å²) in [5.74, 6) is 0.786. The Balaban J connectivity index is 1.95. The minimum atomic E-state index is 0.578. The van der Waals surface area contributed by atoms with Gasteiger partial charge in [-0.2, -0.15) is 0 Å². The highest BCUT2D eigenvalue weighted by molar-refractivity contribution is 9.10. The molecule has 0 heterocycles. The predicted molar refractivity (Wildman–Crippen MR) is 79.2 cm³/mol. The van der Waals surface area contributed by atoms with Crippen molar-refractivity contribution >= 4 is 33.2 Å². The molecule has 0 spiro atoms. The lowest BCUT2D eigenvalue weighted by Gasteiger charge is -2.09. The number of para-hydroxylation sites is 1. The van der Waals surface area contributed by atoms with Gasteiger partial charge in [-0.3, -0.25) is 0 Å². The quantitative estimate of drug-likeness (QED) is 0.850. The van der Waals surface area contributed by atoms with Gasteiger partial charge >= 0.3 is 0 Å². The van der Waals surface area contributed by atoms with Gasteiger partial charge in [-0.05, 0) is 45.8 Å². The summed E-state index contributed by atoms with van der Waals surface area (Å²) in [6.07, 6.45) is 0.780. The van der Waals surface area contributed by atoms with Crippen molar-refractivity contribution in [2.24, 2.45) is 0 Å². The van der Waals surface area contributed by atoms with Gasteiger partial charge in [-0.25, -0.2) is 0 Å². The lowest BCUT2D eigenvalue weighted by Crippen LogP contribution is -2.04. The SMILES string of the molecule is Nc1ccccc1CCOc1ccc(Cl)cc1Br. The average Bonchev–Trinajstić information content (AvgIpc) is 2.34. The molecule has 0 aromatic heterocycles. The lowest BCUT2D eigenvalue weighted by atomic mass is 10.1. The van der Waals surface area contributed by atoms with Crippen LogP contribution in [0.25, 0.3) is 0 Å². The van der Waals surface area contributed by atoms with Crippen molar-refractivity contribution in [3.63, 3.8) is 0 Å². The third-order valence-electron chi connectivity index (χ3n) is 2.58. The van der Waals surface area contributed by atoms with Crippen LogP contribution >= 0.6 is 27.5 Å². The van der Waals surface area contributed by atoms with Crippen molar-refractivity contribution in [2.45, 2.75) is 6.42 Å². The molecule has 2 N–H and O–H groups in total. The molecule has 0 saturated carbocycles. The van der Waals surface area contributed by atoms with Crippen molar-refractivity contribution < 1.29 is 4.74 Å². The van der Waals surface area contributed by atoms with Gasteiger partial charge in [0.2, 0.25) is 0 Å². The molecule has 0 amide bonds. The van der Waals surface area contributed by atoms with Gasteiger partial charge in [0.25, 0.3) is 0 Å². The standard InChI is InChI=1S/C14H13BrClNO/c15-12-9-11(16)5-6-14(12)18-8-7-10-3-1-2-4-13(10)17/h1-6,9H,7-8,17H2. The van der Waals surface area contributed by atoms with E-state index in [1.165, 1.54) is 0 Å². The van der Waals surface area contributed by atoms with Gasteiger partial charge in [0.1, 0.15) is 5.75 Å². The molecule has 18 heavy (non-hydrogen) atoms. The normalized spacial score (nSPS) is 10.3. The number of benzene rings is 2. The molecule has 2 aromatic rings.